The van der Waals surface area contributed by atoms with Crippen LogP contribution in [0.4, 0.5) is 0 Å². The number of alkyl halides is 1. The number of rotatable bonds is 5. The fraction of sp³-hybridized carbons (Fsp3) is 0.500. The van der Waals surface area contributed by atoms with Crippen molar-refractivity contribution in [3.05, 3.63) is 33.4 Å². The Morgan fingerprint density at radius 1 is 1.20 bits per heavy atom. The van der Waals surface area contributed by atoms with E-state index in [2.05, 4.69) is 88.6 Å². The Bertz CT molecular complexity index is 282. The van der Waals surface area contributed by atoms with Crippen LogP contribution >= 0.6 is 45.2 Å². The first kappa shape index (κ1) is 13.7. The first-order chi connectivity index (χ1) is 7.13. The van der Waals surface area contributed by atoms with Crippen LogP contribution in [-0.2, 0) is 6.54 Å². The van der Waals surface area contributed by atoms with Gasteiger partial charge in [-0.15, -0.1) is 0 Å². The first-order valence-electron chi connectivity index (χ1n) is 5.17. The Balaban J connectivity index is 2.45. The third kappa shape index (κ3) is 4.99. The molecule has 0 fully saturated rings. The zero-order valence-corrected chi connectivity index (χ0v) is 13.4. The van der Waals surface area contributed by atoms with Crippen molar-refractivity contribution in [1.82, 2.24) is 5.32 Å². The van der Waals surface area contributed by atoms with Gasteiger partial charge in [0.05, 0.1) is 0 Å². The van der Waals surface area contributed by atoms with E-state index in [-0.39, 0.29) is 0 Å². The lowest BCUT2D eigenvalue weighted by molar-refractivity contribution is 0.436. The van der Waals surface area contributed by atoms with E-state index in [0.717, 1.165) is 6.54 Å². The summed E-state index contributed by atoms with van der Waals surface area (Å²) in [4.78, 5) is 0. The molecule has 1 rings (SSSR count). The first-order valence-corrected chi connectivity index (χ1v) is 7.77. The van der Waals surface area contributed by atoms with Gasteiger partial charge in [-0.1, -0.05) is 48.6 Å². The Labute approximate surface area is 120 Å². The molecule has 0 amide bonds. The summed E-state index contributed by atoms with van der Waals surface area (Å²) in [6.45, 7) is 5.51. The normalized spacial score (nSPS) is 13.1. The summed E-state index contributed by atoms with van der Waals surface area (Å²) in [7, 11) is 0. The summed E-state index contributed by atoms with van der Waals surface area (Å²) in [6.07, 6.45) is 0. The van der Waals surface area contributed by atoms with Gasteiger partial charge in [-0.25, -0.2) is 0 Å². The van der Waals surface area contributed by atoms with E-state index < -0.39 is 0 Å². The van der Waals surface area contributed by atoms with E-state index in [9.17, 15) is 0 Å². The maximum atomic E-state index is 3.59. The number of halogens is 2. The molecule has 1 N–H and O–H groups in total. The van der Waals surface area contributed by atoms with E-state index in [4.69, 9.17) is 0 Å². The molecule has 0 spiro atoms. The van der Waals surface area contributed by atoms with Gasteiger partial charge < -0.3 is 5.32 Å². The topological polar surface area (TPSA) is 12.0 Å². The van der Waals surface area contributed by atoms with Gasteiger partial charge in [0.2, 0.25) is 0 Å². The molecule has 0 saturated carbocycles. The average molecular weight is 429 g/mol. The second-order valence-electron chi connectivity index (χ2n) is 4.01. The third-order valence-corrected chi connectivity index (χ3v) is 4.12. The van der Waals surface area contributed by atoms with E-state index in [1.807, 2.05) is 0 Å². The van der Waals surface area contributed by atoms with Crippen molar-refractivity contribution in [3.8, 4) is 0 Å². The Morgan fingerprint density at radius 3 is 2.27 bits per heavy atom. The molecule has 0 aliphatic carbocycles. The fourth-order valence-corrected chi connectivity index (χ4v) is 3.01. The van der Waals surface area contributed by atoms with Crippen LogP contribution in [0.25, 0.3) is 0 Å². The highest BCUT2D eigenvalue weighted by molar-refractivity contribution is 14.1. The van der Waals surface area contributed by atoms with Gasteiger partial charge in [0.15, 0.2) is 0 Å². The van der Waals surface area contributed by atoms with Crippen molar-refractivity contribution >= 4 is 45.2 Å². The summed E-state index contributed by atoms with van der Waals surface area (Å²) >= 11 is 4.78. The zero-order chi connectivity index (χ0) is 11.3. The molecular weight excluding hydrogens is 412 g/mol. The summed E-state index contributed by atoms with van der Waals surface area (Å²) in [5.74, 6) is 0.700. The van der Waals surface area contributed by atoms with Crippen LogP contribution in [-0.4, -0.2) is 10.5 Å². The minimum atomic E-state index is 0.616. The van der Waals surface area contributed by atoms with Gasteiger partial charge in [0, 0.05) is 20.6 Å². The maximum absolute atomic E-state index is 3.59. The summed E-state index contributed by atoms with van der Waals surface area (Å²) < 4.78 is 2.46. The number of hydrogen-bond donors (Lipinski definition) is 1. The van der Waals surface area contributed by atoms with Crippen molar-refractivity contribution in [1.29, 1.82) is 0 Å². The molecule has 0 aliphatic heterocycles. The van der Waals surface area contributed by atoms with Gasteiger partial charge in [-0.05, 0) is 46.2 Å². The molecule has 0 radical (unpaired) electrons. The van der Waals surface area contributed by atoms with Crippen LogP contribution in [0.2, 0.25) is 0 Å². The fourth-order valence-electron chi connectivity index (χ4n) is 1.32. The minimum absolute atomic E-state index is 0.616. The zero-order valence-electron chi connectivity index (χ0n) is 9.13. The van der Waals surface area contributed by atoms with Crippen LogP contribution in [0.15, 0.2) is 24.3 Å². The standard InChI is InChI=1S/C12H17I2N/c1-9(2)12(7-13)15-8-10-3-5-11(14)6-4-10/h3-6,9,12,15H,7-8H2,1-2H3. The van der Waals surface area contributed by atoms with Crippen molar-refractivity contribution < 1.29 is 0 Å². The molecule has 1 aromatic carbocycles. The summed E-state index contributed by atoms with van der Waals surface area (Å²) in [5, 5.41) is 3.59. The molecule has 0 heterocycles. The predicted molar refractivity (Wildman–Crippen MR) is 83.5 cm³/mol. The molecule has 84 valence electrons. The highest BCUT2D eigenvalue weighted by atomic mass is 127. The molecule has 1 aromatic rings. The molecule has 1 atom stereocenters. The van der Waals surface area contributed by atoms with Crippen LogP contribution in [0.3, 0.4) is 0 Å². The molecule has 0 saturated heterocycles. The number of benzene rings is 1. The largest absolute Gasteiger partial charge is 0.309 e. The predicted octanol–water partition coefficient (Wildman–Crippen LogP) is 3.84. The third-order valence-electron chi connectivity index (χ3n) is 2.45. The molecule has 0 aliphatic rings. The molecule has 0 aromatic heterocycles. The van der Waals surface area contributed by atoms with Crippen molar-refractivity contribution in [2.45, 2.75) is 26.4 Å². The summed E-state index contributed by atoms with van der Waals surface area (Å²) in [6, 6.07) is 9.32. The lowest BCUT2D eigenvalue weighted by Crippen LogP contribution is -2.34. The molecule has 1 nitrogen and oxygen atoms in total. The van der Waals surface area contributed by atoms with E-state index in [1.165, 1.54) is 13.6 Å². The average Bonchev–Trinajstić information content (AvgIpc) is 2.21. The van der Waals surface area contributed by atoms with Gasteiger partial charge in [0.25, 0.3) is 0 Å². The van der Waals surface area contributed by atoms with E-state index >= 15 is 0 Å². The Kier molecular flexibility index (Phi) is 6.45. The van der Waals surface area contributed by atoms with E-state index in [1.54, 1.807) is 0 Å². The van der Waals surface area contributed by atoms with Crippen LogP contribution in [0, 0.1) is 9.49 Å². The monoisotopic (exact) mass is 429 g/mol. The van der Waals surface area contributed by atoms with Gasteiger partial charge in [-0.3, -0.25) is 0 Å². The maximum Gasteiger partial charge on any atom is 0.0208 e. The molecular formula is C12H17I2N. The van der Waals surface area contributed by atoms with Gasteiger partial charge in [0.1, 0.15) is 0 Å². The highest BCUT2D eigenvalue weighted by Crippen LogP contribution is 2.09. The van der Waals surface area contributed by atoms with Crippen LogP contribution < -0.4 is 5.32 Å². The smallest absolute Gasteiger partial charge is 0.0208 e. The lowest BCUT2D eigenvalue weighted by atomic mass is 10.1. The van der Waals surface area contributed by atoms with Crippen molar-refractivity contribution in [2.75, 3.05) is 4.43 Å². The van der Waals surface area contributed by atoms with Crippen LogP contribution in [0.5, 0.6) is 0 Å². The number of hydrogen-bond acceptors (Lipinski definition) is 1. The van der Waals surface area contributed by atoms with Gasteiger partial charge in [-0.2, -0.15) is 0 Å². The highest BCUT2D eigenvalue weighted by Gasteiger charge is 2.10. The molecule has 3 heteroatoms. The van der Waals surface area contributed by atoms with E-state index in [0.29, 0.717) is 12.0 Å². The Hall–Kier alpha value is 0.640. The van der Waals surface area contributed by atoms with Crippen molar-refractivity contribution in [3.63, 3.8) is 0 Å². The number of nitrogens with one attached hydrogen (secondary N) is 1. The van der Waals surface area contributed by atoms with Crippen LogP contribution in [0.1, 0.15) is 19.4 Å². The second kappa shape index (κ2) is 7.06. The quantitative estimate of drug-likeness (QED) is 0.555. The molecule has 0 bridgehead atoms. The molecule has 1 unspecified atom stereocenters. The van der Waals surface area contributed by atoms with Crippen molar-refractivity contribution in [2.24, 2.45) is 5.92 Å². The molecule has 15 heavy (non-hydrogen) atoms. The summed E-state index contributed by atoms with van der Waals surface area (Å²) in [5.41, 5.74) is 1.37. The minimum Gasteiger partial charge on any atom is -0.309 e. The Morgan fingerprint density at radius 2 is 1.80 bits per heavy atom. The van der Waals surface area contributed by atoms with Gasteiger partial charge >= 0.3 is 0 Å². The second-order valence-corrected chi connectivity index (χ2v) is 6.14. The lowest BCUT2D eigenvalue weighted by Gasteiger charge is -2.20. The SMILES string of the molecule is CC(C)C(CI)NCc1ccc(I)cc1.